The average molecular weight is 812 g/mol. The summed E-state index contributed by atoms with van der Waals surface area (Å²) < 4.78 is 14.3. The van der Waals surface area contributed by atoms with Gasteiger partial charge in [0, 0.05) is 84.6 Å². The van der Waals surface area contributed by atoms with Crippen LogP contribution in [0.2, 0.25) is 51.4 Å². The lowest BCUT2D eigenvalue weighted by molar-refractivity contribution is -0.134. The minimum Gasteiger partial charge on any atom is -0.481 e. The van der Waals surface area contributed by atoms with Crippen LogP contribution in [0.4, 0.5) is 5.82 Å². The molecule has 0 saturated heterocycles. The number of hydrogen-bond acceptors (Lipinski definition) is 10. The van der Waals surface area contributed by atoms with Crippen LogP contribution >= 0.6 is 0 Å². The number of nitriles is 1. The molecule has 0 unspecified atom stereocenters. The minimum atomic E-state index is -1.14. The summed E-state index contributed by atoms with van der Waals surface area (Å²) in [6, 6.07) is 8.42. The third-order valence-corrected chi connectivity index (χ3v) is 13.0. The van der Waals surface area contributed by atoms with Crippen LogP contribution in [0.25, 0.3) is 5.65 Å². The molecule has 12 nitrogen and oxygen atoms in total. The van der Waals surface area contributed by atoms with Crippen molar-refractivity contribution in [1.29, 1.82) is 5.26 Å². The lowest BCUT2D eigenvalue weighted by atomic mass is 9.83. The first-order valence-corrected chi connectivity index (χ1v) is 27.2. The van der Waals surface area contributed by atoms with E-state index < -0.39 is 22.1 Å². The number of rotatable bonds is 14. The van der Waals surface area contributed by atoms with Crippen LogP contribution in [0.1, 0.15) is 97.1 Å². The van der Waals surface area contributed by atoms with Gasteiger partial charge >= 0.3 is 0 Å². The molecule has 0 radical (unpaired) electrons. The molecule has 2 aromatic heterocycles. The molecule has 0 amide bonds. The quantitative estimate of drug-likeness (QED) is 0.0816. The predicted octanol–water partition coefficient (Wildman–Crippen LogP) is 9.67. The summed E-state index contributed by atoms with van der Waals surface area (Å²) in [7, 11) is -2.27. The molecule has 56 heavy (non-hydrogen) atoms. The Morgan fingerprint density at radius 3 is 1.91 bits per heavy atom. The molecule has 0 bridgehead atoms. The number of carboxylic acids is 1. The molecule has 2 N–H and O–H groups in total. The fourth-order valence-corrected chi connectivity index (χ4v) is 7.51. The molecule has 2 aliphatic carbocycles. The highest BCUT2D eigenvalue weighted by Gasteiger charge is 2.24. The lowest BCUT2D eigenvalue weighted by Gasteiger charge is -2.28. The predicted molar refractivity (Wildman–Crippen MR) is 236 cm³/mol. The summed E-state index contributed by atoms with van der Waals surface area (Å²) in [6.45, 7) is 29.1. The second-order valence-corrected chi connectivity index (χ2v) is 28.5. The van der Waals surface area contributed by atoms with Crippen molar-refractivity contribution in [2.75, 3.05) is 38.1 Å². The van der Waals surface area contributed by atoms with Crippen molar-refractivity contribution in [1.82, 2.24) is 20.0 Å². The normalized spacial score (nSPS) is 16.0. The Balaban J connectivity index is 0.000000552. The number of aromatic nitrogens is 3. The van der Waals surface area contributed by atoms with Crippen LogP contribution < -0.4 is 10.3 Å². The molecule has 3 heterocycles. The fourth-order valence-electron chi connectivity index (χ4n) is 6.00. The van der Waals surface area contributed by atoms with Crippen LogP contribution in [-0.4, -0.2) is 86.5 Å². The van der Waals surface area contributed by atoms with Gasteiger partial charge in [-0.25, -0.2) is 4.98 Å². The van der Waals surface area contributed by atoms with E-state index in [0.717, 1.165) is 114 Å². The van der Waals surface area contributed by atoms with E-state index in [9.17, 15) is 4.79 Å². The summed E-state index contributed by atoms with van der Waals surface area (Å²) in [6.07, 6.45) is 11.2. The maximum Gasteiger partial charge on any atom is 0.300 e. The third-order valence-electron chi connectivity index (χ3n) is 9.55. The first-order valence-electron chi connectivity index (χ1n) is 19.8. The smallest absolute Gasteiger partial charge is 0.300 e. The van der Waals surface area contributed by atoms with Gasteiger partial charge in [-0.15, -0.1) is 0 Å². The Morgan fingerprint density at radius 2 is 1.48 bits per heavy atom. The number of nitrogens with one attached hydrogen (secondary N) is 1. The Kier molecular flexibility index (Phi) is 23.0. The average Bonchev–Trinajstić information content (AvgIpc) is 3.79. The van der Waals surface area contributed by atoms with Gasteiger partial charge in [0.15, 0.2) is 5.65 Å². The number of carbonyl (C=O) groups is 2. The van der Waals surface area contributed by atoms with E-state index in [1.54, 1.807) is 0 Å². The van der Waals surface area contributed by atoms with Crippen molar-refractivity contribution in [2.45, 2.75) is 143 Å². The summed E-state index contributed by atoms with van der Waals surface area (Å²) in [4.78, 5) is 27.4. The van der Waals surface area contributed by atoms with Crippen molar-refractivity contribution in [2.24, 2.45) is 11.0 Å². The minimum absolute atomic E-state index is 0. The van der Waals surface area contributed by atoms with Crippen molar-refractivity contribution < 1.29 is 24.2 Å². The van der Waals surface area contributed by atoms with Crippen molar-refractivity contribution in [3.63, 3.8) is 0 Å². The van der Waals surface area contributed by atoms with Crippen LogP contribution in [0, 0.1) is 17.2 Å². The van der Waals surface area contributed by atoms with Crippen LogP contribution in [-0.2, 0) is 19.1 Å². The molecule has 3 aliphatic rings. The number of anilines is 1. The maximum absolute atomic E-state index is 11.3. The zero-order chi connectivity index (χ0) is 41.0. The first kappa shape index (κ1) is 50.4. The Hall–Kier alpha value is -3.65. The van der Waals surface area contributed by atoms with E-state index in [2.05, 4.69) is 79.0 Å². The van der Waals surface area contributed by atoms with Gasteiger partial charge in [-0.1, -0.05) is 71.0 Å². The number of aliphatic carboxylic acids is 1. The van der Waals surface area contributed by atoms with Gasteiger partial charge < -0.3 is 24.9 Å². The summed E-state index contributed by atoms with van der Waals surface area (Å²) in [5, 5.41) is 24.2. The second-order valence-electron chi connectivity index (χ2n) is 17.3. The highest BCUT2D eigenvalue weighted by Crippen LogP contribution is 2.35. The van der Waals surface area contributed by atoms with E-state index >= 15 is 0 Å². The first-order chi connectivity index (χ1) is 25.9. The van der Waals surface area contributed by atoms with Crippen molar-refractivity contribution >= 4 is 45.1 Å². The maximum atomic E-state index is 11.3. The fraction of sp³-hybridized carbons (Fsp3) is 0.667. The van der Waals surface area contributed by atoms with E-state index in [1.807, 2.05) is 29.8 Å². The molecule has 0 atom stereocenters. The summed E-state index contributed by atoms with van der Waals surface area (Å²) in [5.41, 5.74) is 8.73. The van der Waals surface area contributed by atoms with E-state index in [4.69, 9.17) is 29.6 Å². The number of fused-ring (bicyclic) bond motifs is 1. The number of hydrogen-bond donors (Lipinski definition) is 2. The van der Waals surface area contributed by atoms with Gasteiger partial charge in [-0.3, -0.25) is 9.59 Å². The third kappa shape index (κ3) is 21.0. The standard InChI is InChI=1S/C25H44N4O2Si2.C10H13NO.C4H8N2.C2H4O2.CH4/c1-21-8-10-22(11-9-21)23-18-25(29-24(27-23)12-13-26-29)28(19-30-14-16-32(2,3)4)20-31-15-17-33(5,6)7;1-8-2-4-9(5-3-8)10(12)6-7-11;1-4-2-3-5-6-4;1-2(3)4;/h12-13,18,22H,1,8-11,14-17,19-20H2,2-7H3;9H,1-6H2;5H,2-3H2,1H3;1H3,(H,3,4);1H4. The number of carboxylic acid groups (broad SMARTS) is 1. The molecule has 0 aromatic carbocycles. The monoisotopic (exact) mass is 812 g/mol. The van der Waals surface area contributed by atoms with Crippen LogP contribution in [0.3, 0.4) is 0 Å². The van der Waals surface area contributed by atoms with Crippen LogP contribution in [0.15, 0.2) is 47.7 Å². The summed E-state index contributed by atoms with van der Waals surface area (Å²) >= 11 is 0. The molecule has 2 aromatic rings. The molecule has 314 valence electrons. The van der Waals surface area contributed by atoms with Gasteiger partial charge in [-0.05, 0) is 70.4 Å². The second kappa shape index (κ2) is 25.6. The van der Waals surface area contributed by atoms with Gasteiger partial charge in [0.05, 0.1) is 18.7 Å². The molecular weight excluding hydrogens is 739 g/mol. The van der Waals surface area contributed by atoms with E-state index in [-0.39, 0.29) is 25.5 Å². The van der Waals surface area contributed by atoms with Crippen molar-refractivity contribution in [3.8, 4) is 6.07 Å². The topological polar surface area (TPSA) is 154 Å². The van der Waals surface area contributed by atoms with Crippen LogP contribution in [0.5, 0.6) is 0 Å². The number of carbonyl (C=O) groups excluding carboxylic acids is 1. The largest absolute Gasteiger partial charge is 0.481 e. The Labute approximate surface area is 339 Å². The number of ether oxygens (including phenoxy) is 2. The zero-order valence-electron chi connectivity index (χ0n) is 35.1. The summed E-state index contributed by atoms with van der Waals surface area (Å²) in [5.74, 6) is 0.891. The zero-order valence-corrected chi connectivity index (χ0v) is 37.1. The van der Waals surface area contributed by atoms with Gasteiger partial charge in [0.25, 0.3) is 5.97 Å². The highest BCUT2D eigenvalue weighted by atomic mass is 28.3. The highest BCUT2D eigenvalue weighted by molar-refractivity contribution is 6.76. The van der Waals surface area contributed by atoms with Crippen molar-refractivity contribution in [3.05, 3.63) is 48.3 Å². The van der Waals surface area contributed by atoms with E-state index in [1.165, 1.54) is 16.9 Å². The molecular formula is C42H73N7O5Si2. The lowest BCUT2D eigenvalue weighted by Crippen LogP contribution is -2.33. The Bertz CT molecular complexity index is 1560. The van der Waals surface area contributed by atoms with Gasteiger partial charge in [-0.2, -0.15) is 20.0 Å². The number of Topliss-reactive ketones (excluding diaryl/α,β-unsaturated/α-hetero) is 1. The SMILES string of the molecule is C.C=C1CCC(C(=O)CC#N)CC1.C=C1CCC(c2cc(N(COCC[Si](C)(C)C)COCC[Si](C)(C)C)n3nccc3n2)CC1.CC(=O)O.CC1=NNCC1. The molecule has 2 fully saturated rings. The number of ketones is 1. The number of hydrazone groups is 1. The molecule has 2 saturated carbocycles. The Morgan fingerprint density at radius 1 is 0.964 bits per heavy atom. The number of nitrogens with zero attached hydrogens (tertiary/aromatic N) is 6. The van der Waals surface area contributed by atoms with E-state index in [0.29, 0.717) is 19.4 Å². The van der Waals surface area contributed by atoms with Gasteiger partial charge in [0.1, 0.15) is 25.1 Å². The molecule has 14 heteroatoms. The molecule has 1 aliphatic heterocycles. The molecule has 5 rings (SSSR count). The van der Waals surface area contributed by atoms with Gasteiger partial charge in [0.2, 0.25) is 0 Å². The number of allylic oxidation sites excluding steroid dienone is 2. The molecule has 0 spiro atoms.